The van der Waals surface area contributed by atoms with Crippen LogP contribution in [0.2, 0.25) is 0 Å². The molecule has 0 saturated heterocycles. The van der Waals surface area contributed by atoms with Gasteiger partial charge in [-0.1, -0.05) is 56.3 Å². The minimum absolute atomic E-state index is 0.0545. The summed E-state index contributed by atoms with van der Waals surface area (Å²) in [6.45, 7) is 13.6. The molecule has 0 spiro atoms. The first-order valence-corrected chi connectivity index (χ1v) is 9.79. The molecule has 0 aromatic heterocycles. The summed E-state index contributed by atoms with van der Waals surface area (Å²) >= 11 is 0. The molecule has 0 fully saturated rings. The van der Waals surface area contributed by atoms with Gasteiger partial charge in [-0.3, -0.25) is 4.84 Å². The first-order valence-electron chi connectivity index (χ1n) is 9.79. The Morgan fingerprint density at radius 3 is 2.00 bits per heavy atom. The highest BCUT2D eigenvalue weighted by molar-refractivity contribution is 5.44. The van der Waals surface area contributed by atoms with Crippen LogP contribution in [0.25, 0.3) is 0 Å². The topological polar surface area (TPSA) is 50.5 Å². The molecule has 0 bridgehead atoms. The maximum Gasteiger partial charge on any atom is 0.102 e. The lowest BCUT2D eigenvalue weighted by Crippen LogP contribution is -2.46. The van der Waals surface area contributed by atoms with Gasteiger partial charge >= 0.3 is 0 Å². The molecule has 2 unspecified atom stereocenters. The van der Waals surface area contributed by atoms with Crippen molar-refractivity contribution in [3.05, 3.63) is 65.7 Å². The molecule has 0 heterocycles. The number of benzene rings is 2. The second-order valence-corrected chi connectivity index (χ2v) is 8.35. The first kappa shape index (κ1) is 21.4. The monoisotopic (exact) mass is 369 g/mol. The number of hydroxylamine groups is 2. The van der Waals surface area contributed by atoms with Gasteiger partial charge in [-0.25, -0.2) is 0 Å². The van der Waals surface area contributed by atoms with Crippen LogP contribution in [0.15, 0.2) is 54.6 Å². The van der Waals surface area contributed by atoms with Gasteiger partial charge in [-0.2, -0.15) is 5.06 Å². The lowest BCUT2D eigenvalue weighted by Gasteiger charge is -2.44. The van der Waals surface area contributed by atoms with Gasteiger partial charge < -0.3 is 11.1 Å². The summed E-state index contributed by atoms with van der Waals surface area (Å²) < 4.78 is 0. The highest BCUT2D eigenvalue weighted by atomic mass is 16.7. The smallest absolute Gasteiger partial charge is 0.102 e. The van der Waals surface area contributed by atoms with Crippen molar-refractivity contribution < 1.29 is 4.84 Å². The third kappa shape index (κ3) is 5.80. The molecule has 0 aliphatic heterocycles. The molecule has 0 saturated carbocycles. The van der Waals surface area contributed by atoms with E-state index < -0.39 is 0 Å². The van der Waals surface area contributed by atoms with Gasteiger partial charge in [0.15, 0.2) is 0 Å². The molecule has 148 valence electrons. The average Bonchev–Trinajstić information content (AvgIpc) is 2.62. The van der Waals surface area contributed by atoms with Crippen molar-refractivity contribution >= 4 is 5.69 Å². The molecule has 27 heavy (non-hydrogen) atoms. The summed E-state index contributed by atoms with van der Waals surface area (Å²) in [4.78, 5) is 6.57. The standard InChI is InChI=1S/C23H35N3O/c1-17(2)22(20-10-8-7-9-11-20)26(23(4,5)6)27-18(3)19-12-14-21(15-13-19)25-16-24/h7-15,17-18,22,25H,16,24H2,1-6H3. The fraction of sp³-hybridized carbons (Fsp3) is 0.478. The lowest BCUT2D eigenvalue weighted by molar-refractivity contribution is -0.272. The normalized spacial score (nSPS) is 14.4. The van der Waals surface area contributed by atoms with Crippen LogP contribution in [0.5, 0.6) is 0 Å². The Morgan fingerprint density at radius 1 is 0.926 bits per heavy atom. The van der Waals surface area contributed by atoms with Gasteiger partial charge in [0.25, 0.3) is 0 Å². The molecule has 2 aromatic carbocycles. The maximum atomic E-state index is 6.57. The van der Waals surface area contributed by atoms with Gasteiger partial charge in [-0.15, -0.1) is 0 Å². The summed E-state index contributed by atoms with van der Waals surface area (Å²) in [5.74, 6) is 0.412. The second kappa shape index (κ2) is 9.36. The van der Waals surface area contributed by atoms with E-state index in [2.05, 4.69) is 94.4 Å². The number of hydrogen-bond donors (Lipinski definition) is 2. The van der Waals surface area contributed by atoms with Crippen molar-refractivity contribution in [2.75, 3.05) is 12.0 Å². The summed E-state index contributed by atoms with van der Waals surface area (Å²) in [5, 5.41) is 5.29. The van der Waals surface area contributed by atoms with Crippen LogP contribution in [0.1, 0.15) is 64.8 Å². The number of nitrogens with zero attached hydrogens (tertiary/aromatic N) is 1. The molecule has 2 aromatic rings. The average molecular weight is 370 g/mol. The summed E-state index contributed by atoms with van der Waals surface area (Å²) in [5.41, 5.74) is 8.84. The Hall–Kier alpha value is -1.88. The van der Waals surface area contributed by atoms with Gasteiger partial charge in [0.05, 0.1) is 12.7 Å². The highest BCUT2D eigenvalue weighted by Crippen LogP contribution is 2.37. The van der Waals surface area contributed by atoms with Crippen molar-refractivity contribution in [2.45, 2.75) is 59.2 Å². The van der Waals surface area contributed by atoms with E-state index in [-0.39, 0.29) is 17.7 Å². The molecule has 0 aliphatic carbocycles. The second-order valence-electron chi connectivity index (χ2n) is 8.35. The summed E-state index contributed by atoms with van der Waals surface area (Å²) in [6, 6.07) is 19.1. The molecule has 0 aliphatic rings. The fourth-order valence-corrected chi connectivity index (χ4v) is 3.30. The first-order chi connectivity index (χ1) is 12.7. The number of nitrogens with two attached hydrogens (primary N) is 1. The summed E-state index contributed by atoms with van der Waals surface area (Å²) in [6.07, 6.45) is -0.0545. The molecule has 2 rings (SSSR count). The van der Waals surface area contributed by atoms with E-state index in [1.54, 1.807) is 0 Å². The van der Waals surface area contributed by atoms with Crippen LogP contribution < -0.4 is 11.1 Å². The molecule has 2 atom stereocenters. The Morgan fingerprint density at radius 2 is 1.52 bits per heavy atom. The van der Waals surface area contributed by atoms with Gasteiger partial charge in [0, 0.05) is 11.2 Å². The SMILES string of the molecule is CC(ON(C(c1ccccc1)C(C)C)C(C)(C)C)c1ccc(NCN)cc1. The maximum absolute atomic E-state index is 6.57. The Kier molecular flexibility index (Phi) is 7.42. The molecular weight excluding hydrogens is 334 g/mol. The predicted octanol–water partition coefficient (Wildman–Crippen LogP) is 5.51. The molecular formula is C23H35N3O. The molecule has 0 radical (unpaired) electrons. The van der Waals surface area contributed by atoms with Crippen LogP contribution in [-0.4, -0.2) is 17.3 Å². The van der Waals surface area contributed by atoms with Crippen LogP contribution in [0.3, 0.4) is 0 Å². The highest BCUT2D eigenvalue weighted by Gasteiger charge is 2.34. The van der Waals surface area contributed by atoms with Crippen molar-refractivity contribution in [1.82, 2.24) is 5.06 Å². The number of nitrogens with one attached hydrogen (secondary N) is 1. The molecule has 4 nitrogen and oxygen atoms in total. The minimum atomic E-state index is -0.139. The quantitative estimate of drug-likeness (QED) is 0.476. The number of rotatable bonds is 8. The number of anilines is 1. The van der Waals surface area contributed by atoms with Crippen molar-refractivity contribution in [2.24, 2.45) is 11.7 Å². The van der Waals surface area contributed by atoms with Gasteiger partial charge in [-0.05, 0) is 56.9 Å². The molecule has 0 amide bonds. The van der Waals surface area contributed by atoms with E-state index in [1.165, 1.54) is 5.56 Å². The Bertz CT molecular complexity index is 677. The fourth-order valence-electron chi connectivity index (χ4n) is 3.30. The van der Waals surface area contributed by atoms with Gasteiger partial charge in [0.1, 0.15) is 6.10 Å². The third-order valence-corrected chi connectivity index (χ3v) is 4.64. The van der Waals surface area contributed by atoms with Crippen LogP contribution in [0.4, 0.5) is 5.69 Å². The Balaban J connectivity index is 2.27. The van der Waals surface area contributed by atoms with E-state index in [0.717, 1.165) is 11.3 Å². The van der Waals surface area contributed by atoms with E-state index >= 15 is 0 Å². The zero-order chi connectivity index (χ0) is 20.0. The lowest BCUT2D eigenvalue weighted by atomic mass is 9.92. The zero-order valence-corrected chi connectivity index (χ0v) is 17.6. The predicted molar refractivity (Wildman–Crippen MR) is 114 cm³/mol. The van der Waals surface area contributed by atoms with E-state index in [9.17, 15) is 0 Å². The zero-order valence-electron chi connectivity index (χ0n) is 17.6. The van der Waals surface area contributed by atoms with Crippen LogP contribution in [-0.2, 0) is 4.84 Å². The number of hydrogen-bond acceptors (Lipinski definition) is 4. The largest absolute Gasteiger partial charge is 0.373 e. The Labute approximate surface area is 164 Å². The van der Waals surface area contributed by atoms with E-state index in [1.807, 2.05) is 12.1 Å². The van der Waals surface area contributed by atoms with Crippen molar-refractivity contribution in [3.8, 4) is 0 Å². The molecule has 3 N–H and O–H groups in total. The molecule has 4 heteroatoms. The van der Waals surface area contributed by atoms with E-state index in [4.69, 9.17) is 10.6 Å². The third-order valence-electron chi connectivity index (χ3n) is 4.64. The van der Waals surface area contributed by atoms with Crippen LogP contribution in [0, 0.1) is 5.92 Å². The summed E-state index contributed by atoms with van der Waals surface area (Å²) in [7, 11) is 0. The van der Waals surface area contributed by atoms with Crippen LogP contribution >= 0.6 is 0 Å². The minimum Gasteiger partial charge on any atom is -0.373 e. The van der Waals surface area contributed by atoms with E-state index in [0.29, 0.717) is 12.6 Å². The van der Waals surface area contributed by atoms with Crippen molar-refractivity contribution in [3.63, 3.8) is 0 Å². The van der Waals surface area contributed by atoms with Gasteiger partial charge in [0.2, 0.25) is 0 Å². The van der Waals surface area contributed by atoms with Crippen molar-refractivity contribution in [1.29, 1.82) is 0 Å².